The maximum atomic E-state index is 12.0. The third-order valence-corrected chi connectivity index (χ3v) is 4.42. The fourth-order valence-electron chi connectivity index (χ4n) is 1.75. The molecule has 0 saturated heterocycles. The van der Waals surface area contributed by atoms with Crippen LogP contribution in [0, 0.1) is 0 Å². The van der Waals surface area contributed by atoms with Crippen LogP contribution in [0.1, 0.15) is 6.92 Å². The Hall–Kier alpha value is -1.35. The van der Waals surface area contributed by atoms with Gasteiger partial charge in [0, 0.05) is 27.3 Å². The topological polar surface area (TPSA) is 103 Å². The molecule has 4 N–H and O–H groups in total. The molecule has 0 fully saturated rings. The number of rotatable bonds is 9. The predicted molar refractivity (Wildman–Crippen MR) is 82.9 cm³/mol. The Bertz CT molecular complexity index is 548. The van der Waals surface area contributed by atoms with Gasteiger partial charge >= 0.3 is 0 Å². The molecule has 0 radical (unpaired) electrons. The zero-order chi connectivity index (χ0) is 15.9. The normalized spacial score (nSPS) is 13.1. The molecule has 1 aromatic rings. The first kappa shape index (κ1) is 17.7. The summed E-state index contributed by atoms with van der Waals surface area (Å²) in [7, 11) is -0.334. The number of hydrogen-bond donors (Lipinski definition) is 3. The molecular formula is C13H23N3O4S. The summed E-state index contributed by atoms with van der Waals surface area (Å²) >= 11 is 0. The van der Waals surface area contributed by atoms with E-state index in [1.165, 1.54) is 12.1 Å². The Morgan fingerprint density at radius 1 is 1.33 bits per heavy atom. The van der Waals surface area contributed by atoms with Crippen LogP contribution in [0.25, 0.3) is 0 Å². The first-order valence-corrected chi connectivity index (χ1v) is 8.07. The van der Waals surface area contributed by atoms with Gasteiger partial charge in [-0.15, -0.1) is 0 Å². The second-order valence-corrected chi connectivity index (χ2v) is 6.21. The molecule has 21 heavy (non-hydrogen) atoms. The molecule has 0 aliphatic rings. The van der Waals surface area contributed by atoms with Crippen molar-refractivity contribution in [1.82, 2.24) is 4.72 Å². The van der Waals surface area contributed by atoms with Crippen molar-refractivity contribution in [3.05, 3.63) is 18.2 Å². The van der Waals surface area contributed by atoms with Gasteiger partial charge < -0.3 is 20.5 Å². The lowest BCUT2D eigenvalue weighted by Crippen LogP contribution is -2.27. The van der Waals surface area contributed by atoms with E-state index in [0.29, 0.717) is 31.1 Å². The van der Waals surface area contributed by atoms with Crippen molar-refractivity contribution in [3.8, 4) is 0 Å². The highest BCUT2D eigenvalue weighted by molar-refractivity contribution is 7.89. The zero-order valence-corrected chi connectivity index (χ0v) is 13.4. The van der Waals surface area contributed by atoms with Gasteiger partial charge in [0.15, 0.2) is 0 Å². The van der Waals surface area contributed by atoms with E-state index in [0.717, 1.165) is 0 Å². The van der Waals surface area contributed by atoms with Gasteiger partial charge in [-0.2, -0.15) is 0 Å². The quantitative estimate of drug-likeness (QED) is 0.578. The van der Waals surface area contributed by atoms with Gasteiger partial charge in [-0.1, -0.05) is 6.92 Å². The molecule has 0 amide bonds. The first-order valence-electron chi connectivity index (χ1n) is 6.59. The number of nitrogen functional groups attached to an aromatic ring is 1. The maximum Gasteiger partial charge on any atom is 0.240 e. The lowest BCUT2D eigenvalue weighted by molar-refractivity contribution is 0.0366. The van der Waals surface area contributed by atoms with E-state index in [-0.39, 0.29) is 11.0 Å². The number of hydrogen-bond acceptors (Lipinski definition) is 6. The molecule has 0 spiro atoms. The molecule has 8 heteroatoms. The molecule has 0 aliphatic carbocycles. The number of benzene rings is 1. The fraction of sp³-hybridized carbons (Fsp3) is 0.538. The molecule has 1 atom stereocenters. The Balaban J connectivity index is 2.88. The standard InChI is InChI=1S/C13H23N3O4S/c1-4-16-21(17,18)11-5-6-12(14)13(7-11)15-8-10(20-3)9-19-2/h5-7,10,15-16H,4,8-9,14H2,1-3H3. The van der Waals surface area contributed by atoms with Crippen molar-refractivity contribution in [2.24, 2.45) is 0 Å². The van der Waals surface area contributed by atoms with Crippen LogP contribution >= 0.6 is 0 Å². The van der Waals surface area contributed by atoms with E-state index >= 15 is 0 Å². The molecule has 1 rings (SSSR count). The van der Waals surface area contributed by atoms with Crippen LogP contribution in [0.4, 0.5) is 11.4 Å². The smallest absolute Gasteiger partial charge is 0.240 e. The second-order valence-electron chi connectivity index (χ2n) is 4.44. The largest absolute Gasteiger partial charge is 0.397 e. The molecule has 1 unspecified atom stereocenters. The van der Waals surface area contributed by atoms with E-state index in [9.17, 15) is 8.42 Å². The Labute approximate surface area is 125 Å². The van der Waals surface area contributed by atoms with E-state index in [4.69, 9.17) is 15.2 Å². The highest BCUT2D eigenvalue weighted by Gasteiger charge is 2.15. The molecular weight excluding hydrogens is 294 g/mol. The van der Waals surface area contributed by atoms with Crippen LogP contribution in [0.5, 0.6) is 0 Å². The van der Waals surface area contributed by atoms with E-state index in [1.54, 1.807) is 27.2 Å². The van der Waals surface area contributed by atoms with Gasteiger partial charge in [-0.25, -0.2) is 13.1 Å². The minimum atomic E-state index is -3.51. The van der Waals surface area contributed by atoms with Crippen molar-refractivity contribution in [1.29, 1.82) is 0 Å². The molecule has 0 saturated carbocycles. The Morgan fingerprint density at radius 2 is 2.05 bits per heavy atom. The molecule has 0 heterocycles. The number of methoxy groups -OCH3 is 2. The van der Waals surface area contributed by atoms with Crippen molar-refractivity contribution in [2.45, 2.75) is 17.9 Å². The Kier molecular flexibility index (Phi) is 6.90. The summed E-state index contributed by atoms with van der Waals surface area (Å²) in [6.45, 7) is 2.94. The molecule has 120 valence electrons. The molecule has 0 aliphatic heterocycles. The molecule has 0 bridgehead atoms. The van der Waals surface area contributed by atoms with Gasteiger partial charge in [-0.3, -0.25) is 0 Å². The molecule has 7 nitrogen and oxygen atoms in total. The van der Waals surface area contributed by atoms with Crippen molar-refractivity contribution < 1.29 is 17.9 Å². The van der Waals surface area contributed by atoms with Gasteiger partial charge in [0.2, 0.25) is 10.0 Å². The van der Waals surface area contributed by atoms with Gasteiger partial charge in [0.05, 0.1) is 29.0 Å². The minimum absolute atomic E-state index is 0.150. The van der Waals surface area contributed by atoms with Crippen LogP contribution in [0.2, 0.25) is 0 Å². The third kappa shape index (κ3) is 5.16. The average Bonchev–Trinajstić information content (AvgIpc) is 2.44. The lowest BCUT2D eigenvalue weighted by Gasteiger charge is -2.17. The number of anilines is 2. The molecule has 1 aromatic carbocycles. The predicted octanol–water partition coefficient (Wildman–Crippen LogP) is 0.640. The third-order valence-electron chi connectivity index (χ3n) is 2.88. The van der Waals surface area contributed by atoms with E-state index in [2.05, 4.69) is 10.0 Å². The summed E-state index contributed by atoms with van der Waals surface area (Å²) in [6, 6.07) is 4.54. The van der Waals surface area contributed by atoms with Crippen LogP contribution in [0.15, 0.2) is 23.1 Å². The number of sulfonamides is 1. The summed E-state index contributed by atoms with van der Waals surface area (Å²) in [5.41, 5.74) is 6.88. The minimum Gasteiger partial charge on any atom is -0.397 e. The van der Waals surface area contributed by atoms with E-state index < -0.39 is 10.0 Å². The lowest BCUT2D eigenvalue weighted by atomic mass is 10.2. The SMILES string of the molecule is CCNS(=O)(=O)c1ccc(N)c(NCC(COC)OC)c1. The number of ether oxygens (including phenoxy) is 2. The van der Waals surface area contributed by atoms with Gasteiger partial charge in [0.1, 0.15) is 0 Å². The molecule has 0 aromatic heterocycles. The highest BCUT2D eigenvalue weighted by atomic mass is 32.2. The summed E-state index contributed by atoms with van der Waals surface area (Å²) in [6.07, 6.45) is -0.150. The maximum absolute atomic E-state index is 12.0. The number of nitrogens with one attached hydrogen (secondary N) is 2. The summed E-state index contributed by atoms with van der Waals surface area (Å²) < 4.78 is 36.6. The zero-order valence-electron chi connectivity index (χ0n) is 12.5. The summed E-state index contributed by atoms with van der Waals surface area (Å²) in [4.78, 5) is 0.168. The highest BCUT2D eigenvalue weighted by Crippen LogP contribution is 2.22. The first-order chi connectivity index (χ1) is 9.94. The van der Waals surface area contributed by atoms with Crippen LogP contribution in [0.3, 0.4) is 0 Å². The monoisotopic (exact) mass is 317 g/mol. The second kappa shape index (κ2) is 8.18. The van der Waals surface area contributed by atoms with Crippen LogP contribution < -0.4 is 15.8 Å². The van der Waals surface area contributed by atoms with Crippen molar-refractivity contribution >= 4 is 21.4 Å². The summed E-state index contributed by atoms with van der Waals surface area (Å²) in [5, 5.41) is 3.08. The van der Waals surface area contributed by atoms with Crippen molar-refractivity contribution in [3.63, 3.8) is 0 Å². The average molecular weight is 317 g/mol. The van der Waals surface area contributed by atoms with E-state index in [1.807, 2.05) is 0 Å². The summed E-state index contributed by atoms with van der Waals surface area (Å²) in [5.74, 6) is 0. The number of nitrogens with two attached hydrogens (primary N) is 1. The van der Waals surface area contributed by atoms with Crippen LogP contribution in [-0.4, -0.2) is 48.4 Å². The van der Waals surface area contributed by atoms with Crippen LogP contribution in [-0.2, 0) is 19.5 Å². The fourth-order valence-corrected chi connectivity index (χ4v) is 2.82. The Morgan fingerprint density at radius 3 is 2.62 bits per heavy atom. The van der Waals surface area contributed by atoms with Gasteiger partial charge in [0.25, 0.3) is 0 Å². The van der Waals surface area contributed by atoms with Gasteiger partial charge in [-0.05, 0) is 18.2 Å². The van der Waals surface area contributed by atoms with Crippen molar-refractivity contribution in [2.75, 3.05) is 45.0 Å².